The van der Waals surface area contributed by atoms with Crippen LogP contribution in [0, 0.1) is 5.92 Å². The van der Waals surface area contributed by atoms with Crippen molar-refractivity contribution in [2.45, 2.75) is 52.9 Å². The van der Waals surface area contributed by atoms with Crippen LogP contribution in [0.1, 0.15) is 52.9 Å². The fourth-order valence-electron chi connectivity index (χ4n) is 1.23. The first-order valence-corrected chi connectivity index (χ1v) is 6.26. The molecule has 0 fully saturated rings. The van der Waals surface area contributed by atoms with Crippen molar-refractivity contribution in [2.75, 3.05) is 0 Å². The molecule has 0 aromatic carbocycles. The molecule has 0 aromatic heterocycles. The second-order valence-electron chi connectivity index (χ2n) is 3.65. The molecular weight excluding hydrogens is 259 g/mol. The molecule has 1 heteroatoms. The lowest BCUT2D eigenvalue weighted by molar-refractivity contribution is 0.626. The van der Waals surface area contributed by atoms with Gasteiger partial charge in [-0.1, -0.05) is 68.2 Å². The van der Waals surface area contributed by atoms with E-state index in [-0.39, 0.29) is 0 Å². The highest BCUT2D eigenvalue weighted by atomic mass is 127. The quantitative estimate of drug-likeness (QED) is 0.478. The Bertz CT molecular complexity index is 125. The summed E-state index contributed by atoms with van der Waals surface area (Å²) in [7, 11) is 0. The molecule has 0 aromatic rings. The van der Waals surface area contributed by atoms with Gasteiger partial charge in [-0.05, 0) is 22.8 Å². The van der Waals surface area contributed by atoms with Crippen molar-refractivity contribution in [2.24, 2.45) is 5.92 Å². The maximum atomic E-state index is 2.36. The van der Waals surface area contributed by atoms with Crippen LogP contribution in [0.25, 0.3) is 0 Å². The maximum absolute atomic E-state index is 2.36. The van der Waals surface area contributed by atoms with E-state index < -0.39 is 0 Å². The molecule has 0 atom stereocenters. The zero-order valence-corrected chi connectivity index (χ0v) is 10.7. The first-order chi connectivity index (χ1) is 5.72. The fourth-order valence-corrected chi connectivity index (χ4v) is 2.26. The van der Waals surface area contributed by atoms with Gasteiger partial charge < -0.3 is 0 Å². The lowest BCUT2D eigenvalue weighted by atomic mass is 9.99. The average molecular weight is 280 g/mol. The third kappa shape index (κ3) is 6.04. The topological polar surface area (TPSA) is 0 Å². The molecule has 0 aliphatic rings. The molecule has 0 spiro atoms. The second-order valence-corrected chi connectivity index (χ2v) is 4.27. The normalized spacial score (nSPS) is 12.6. The Balaban J connectivity index is 3.47. The van der Waals surface area contributed by atoms with E-state index in [9.17, 15) is 0 Å². The van der Waals surface area contributed by atoms with Gasteiger partial charge in [-0.2, -0.15) is 0 Å². The molecule has 0 aliphatic carbocycles. The van der Waals surface area contributed by atoms with Crippen LogP contribution in [0.4, 0.5) is 0 Å². The number of hydrogen-bond donors (Lipinski definition) is 0. The van der Waals surface area contributed by atoms with Crippen molar-refractivity contribution < 1.29 is 0 Å². The molecule has 0 amide bonds. The van der Waals surface area contributed by atoms with Crippen LogP contribution in [-0.2, 0) is 0 Å². The highest BCUT2D eigenvalue weighted by Crippen LogP contribution is 2.19. The van der Waals surface area contributed by atoms with E-state index in [1.54, 1.807) is 5.57 Å². The fraction of sp³-hybridized carbons (Fsp3) is 0.818. The molecular formula is C11H21I. The van der Waals surface area contributed by atoms with E-state index in [0.717, 1.165) is 5.92 Å². The van der Waals surface area contributed by atoms with Gasteiger partial charge in [-0.3, -0.25) is 0 Å². The molecule has 0 N–H and O–H groups in total. The summed E-state index contributed by atoms with van der Waals surface area (Å²) in [6, 6.07) is 0. The smallest absolute Gasteiger partial charge is 0.0239 e. The lowest BCUT2D eigenvalue weighted by Crippen LogP contribution is -1.93. The predicted octanol–water partition coefficient (Wildman–Crippen LogP) is 4.93. The summed E-state index contributed by atoms with van der Waals surface area (Å²) in [5, 5.41) is 0. The standard InChI is InChI=1S/C11H21I/c1-4-5-6-7-8-11(9-12)10(2)3/h9-10H,4-8H2,1-3H3/b11-9-. The van der Waals surface area contributed by atoms with Crippen molar-refractivity contribution in [1.82, 2.24) is 0 Å². The summed E-state index contributed by atoms with van der Waals surface area (Å²) in [5.41, 5.74) is 1.62. The summed E-state index contributed by atoms with van der Waals surface area (Å²) in [4.78, 5) is 0. The van der Waals surface area contributed by atoms with E-state index in [0.29, 0.717) is 0 Å². The number of allylic oxidation sites excluding steroid dienone is 1. The Morgan fingerprint density at radius 3 is 2.33 bits per heavy atom. The number of halogens is 1. The highest BCUT2D eigenvalue weighted by molar-refractivity contribution is 14.1. The van der Waals surface area contributed by atoms with E-state index in [4.69, 9.17) is 0 Å². The van der Waals surface area contributed by atoms with E-state index >= 15 is 0 Å². The van der Waals surface area contributed by atoms with E-state index in [2.05, 4.69) is 47.4 Å². The molecule has 72 valence electrons. The van der Waals surface area contributed by atoms with Gasteiger partial charge in [0, 0.05) is 0 Å². The van der Waals surface area contributed by atoms with Crippen molar-refractivity contribution in [3.8, 4) is 0 Å². The third-order valence-corrected chi connectivity index (χ3v) is 3.00. The molecule has 0 heterocycles. The zero-order valence-electron chi connectivity index (χ0n) is 8.57. The highest BCUT2D eigenvalue weighted by Gasteiger charge is 2.01. The Kier molecular flexibility index (Phi) is 8.40. The summed E-state index contributed by atoms with van der Waals surface area (Å²) >= 11 is 2.36. The minimum atomic E-state index is 0.739. The Morgan fingerprint density at radius 1 is 1.25 bits per heavy atom. The first kappa shape index (κ1) is 12.5. The molecule has 0 aliphatic heterocycles. The average Bonchev–Trinajstić information content (AvgIpc) is 2.04. The van der Waals surface area contributed by atoms with Crippen molar-refractivity contribution in [1.29, 1.82) is 0 Å². The number of unbranched alkanes of at least 4 members (excludes halogenated alkanes) is 3. The molecule has 0 saturated carbocycles. The SMILES string of the molecule is CCCCCC/C(=C/I)C(C)C. The van der Waals surface area contributed by atoms with Gasteiger partial charge in [-0.25, -0.2) is 0 Å². The molecule has 0 bridgehead atoms. The Hall–Kier alpha value is 0.470. The van der Waals surface area contributed by atoms with Crippen LogP contribution in [0.15, 0.2) is 9.66 Å². The molecule has 12 heavy (non-hydrogen) atoms. The van der Waals surface area contributed by atoms with Crippen LogP contribution in [0.5, 0.6) is 0 Å². The summed E-state index contributed by atoms with van der Waals surface area (Å²) < 4.78 is 2.26. The molecule has 0 radical (unpaired) electrons. The van der Waals surface area contributed by atoms with Crippen LogP contribution >= 0.6 is 22.6 Å². The van der Waals surface area contributed by atoms with Gasteiger partial charge >= 0.3 is 0 Å². The summed E-state index contributed by atoms with van der Waals surface area (Å²) in [5.74, 6) is 0.739. The third-order valence-electron chi connectivity index (χ3n) is 2.20. The van der Waals surface area contributed by atoms with Gasteiger partial charge in [-0.15, -0.1) is 0 Å². The van der Waals surface area contributed by atoms with Gasteiger partial charge in [0.05, 0.1) is 0 Å². The number of rotatable bonds is 6. The van der Waals surface area contributed by atoms with Crippen LogP contribution in [0.3, 0.4) is 0 Å². The molecule has 0 unspecified atom stereocenters. The van der Waals surface area contributed by atoms with Crippen molar-refractivity contribution >= 4 is 22.6 Å². The summed E-state index contributed by atoms with van der Waals surface area (Å²) in [6.45, 7) is 6.83. The van der Waals surface area contributed by atoms with Crippen molar-refractivity contribution in [3.63, 3.8) is 0 Å². The Labute approximate surface area is 91.0 Å². The summed E-state index contributed by atoms with van der Waals surface area (Å²) in [6.07, 6.45) is 6.82. The number of hydrogen-bond acceptors (Lipinski definition) is 0. The maximum Gasteiger partial charge on any atom is -0.0239 e. The van der Waals surface area contributed by atoms with Crippen LogP contribution in [-0.4, -0.2) is 0 Å². The van der Waals surface area contributed by atoms with Gasteiger partial charge in [0.15, 0.2) is 0 Å². The van der Waals surface area contributed by atoms with E-state index in [1.165, 1.54) is 32.1 Å². The Morgan fingerprint density at radius 2 is 1.92 bits per heavy atom. The van der Waals surface area contributed by atoms with Gasteiger partial charge in [0.2, 0.25) is 0 Å². The second kappa shape index (κ2) is 8.09. The minimum absolute atomic E-state index is 0.739. The van der Waals surface area contributed by atoms with Gasteiger partial charge in [0.25, 0.3) is 0 Å². The van der Waals surface area contributed by atoms with Gasteiger partial charge in [0.1, 0.15) is 0 Å². The monoisotopic (exact) mass is 280 g/mol. The van der Waals surface area contributed by atoms with Crippen LogP contribution in [0.2, 0.25) is 0 Å². The molecule has 0 saturated heterocycles. The molecule has 0 rings (SSSR count). The lowest BCUT2D eigenvalue weighted by Gasteiger charge is -2.09. The van der Waals surface area contributed by atoms with Crippen molar-refractivity contribution in [3.05, 3.63) is 9.66 Å². The largest absolute Gasteiger partial charge is 0.0654 e. The molecule has 0 nitrogen and oxygen atoms in total. The first-order valence-electron chi connectivity index (χ1n) is 5.01. The predicted molar refractivity (Wildman–Crippen MR) is 65.7 cm³/mol. The van der Waals surface area contributed by atoms with E-state index in [1.807, 2.05) is 0 Å². The zero-order chi connectivity index (χ0) is 9.40. The van der Waals surface area contributed by atoms with Crippen LogP contribution < -0.4 is 0 Å². The minimum Gasteiger partial charge on any atom is -0.0654 e.